The first-order chi connectivity index (χ1) is 16.6. The number of nitrogens with zero attached hydrogens (tertiary/aromatic N) is 5. The highest BCUT2D eigenvalue weighted by molar-refractivity contribution is 6.04. The normalized spacial score (nSPS) is 11.3. The largest absolute Gasteiger partial charge is 0.408 e. The average Bonchev–Trinajstić information content (AvgIpc) is 3.27. The second-order valence-electron chi connectivity index (χ2n) is 7.64. The molecule has 4 aromatic rings. The van der Waals surface area contributed by atoms with E-state index in [0.717, 1.165) is 23.5 Å². The summed E-state index contributed by atoms with van der Waals surface area (Å²) in [5.41, 5.74) is 9.24. The van der Waals surface area contributed by atoms with Gasteiger partial charge in [0.2, 0.25) is 0 Å². The third-order valence-corrected chi connectivity index (χ3v) is 5.00. The number of hydrogen-bond acceptors (Lipinski definition) is 6. The molecule has 0 bridgehead atoms. The summed E-state index contributed by atoms with van der Waals surface area (Å²) in [6, 6.07) is 8.47. The molecule has 3 N–H and O–H groups in total. The van der Waals surface area contributed by atoms with E-state index in [9.17, 15) is 22.8 Å². The van der Waals surface area contributed by atoms with Crippen LogP contribution in [0.1, 0.15) is 26.4 Å². The van der Waals surface area contributed by atoms with Gasteiger partial charge in [0, 0.05) is 35.4 Å². The van der Waals surface area contributed by atoms with Gasteiger partial charge in [0.25, 0.3) is 11.8 Å². The number of hydrogen-bond donors (Lipinski definition) is 2. The van der Waals surface area contributed by atoms with Crippen molar-refractivity contribution in [2.24, 2.45) is 5.73 Å². The van der Waals surface area contributed by atoms with Crippen LogP contribution in [-0.4, -0.2) is 42.7 Å². The number of benzene rings is 1. The quantitative estimate of drug-likeness (QED) is 0.433. The molecule has 0 aliphatic carbocycles. The second-order valence-corrected chi connectivity index (χ2v) is 7.64. The van der Waals surface area contributed by atoms with Crippen LogP contribution in [0.2, 0.25) is 0 Å². The van der Waals surface area contributed by atoms with Crippen LogP contribution in [0.4, 0.5) is 18.9 Å². The predicted molar refractivity (Wildman–Crippen MR) is 120 cm³/mol. The lowest BCUT2D eigenvalue weighted by Crippen LogP contribution is -2.18. The molecular weight excluding hydrogens is 463 g/mol. The number of pyridine rings is 1. The molecule has 9 nitrogen and oxygen atoms in total. The first-order valence-electron chi connectivity index (χ1n) is 10.2. The maximum absolute atomic E-state index is 12.5. The number of primary amides is 1. The predicted octanol–water partition coefficient (Wildman–Crippen LogP) is 3.62. The Labute approximate surface area is 196 Å². The number of aryl methyl sites for hydroxylation is 1. The first kappa shape index (κ1) is 23.5. The molecule has 0 fully saturated rings. The van der Waals surface area contributed by atoms with Gasteiger partial charge < -0.3 is 11.1 Å². The molecule has 0 spiro atoms. The molecule has 0 atom stereocenters. The van der Waals surface area contributed by atoms with Crippen LogP contribution in [0, 0.1) is 6.92 Å². The minimum Gasteiger partial charge on any atom is -0.364 e. The van der Waals surface area contributed by atoms with Crippen molar-refractivity contribution in [1.82, 2.24) is 24.7 Å². The fraction of sp³-hybridized carbons (Fsp3) is 0.130. The Balaban J connectivity index is 1.58. The van der Waals surface area contributed by atoms with Gasteiger partial charge in [-0.25, -0.2) is 9.97 Å². The van der Waals surface area contributed by atoms with Gasteiger partial charge in [-0.15, -0.1) is 0 Å². The Morgan fingerprint density at radius 1 is 1.06 bits per heavy atom. The number of nitrogens with two attached hydrogens (primary N) is 1. The zero-order valence-corrected chi connectivity index (χ0v) is 18.2. The Kier molecular flexibility index (Phi) is 6.28. The van der Waals surface area contributed by atoms with Crippen molar-refractivity contribution >= 4 is 17.5 Å². The van der Waals surface area contributed by atoms with Gasteiger partial charge in [-0.05, 0) is 42.3 Å². The number of rotatable bonds is 6. The summed E-state index contributed by atoms with van der Waals surface area (Å²) >= 11 is 0. The molecular formula is C23H18F3N7O2. The summed E-state index contributed by atoms with van der Waals surface area (Å²) in [4.78, 5) is 36.2. The molecule has 178 valence electrons. The SMILES string of the molecule is Cc1ccc(NC(=O)c2cnn(CC(F)(F)F)c2)cc1-c1cncc(-c2cc(C(N)=O)ncn2)c1. The number of nitrogens with one attached hydrogen (secondary N) is 1. The van der Waals surface area contributed by atoms with E-state index in [1.807, 2.05) is 13.0 Å². The van der Waals surface area contributed by atoms with Gasteiger partial charge in [0.15, 0.2) is 0 Å². The van der Waals surface area contributed by atoms with Crippen LogP contribution in [0.5, 0.6) is 0 Å². The second kappa shape index (κ2) is 9.33. The Hall–Kier alpha value is -4.61. The molecule has 2 amide bonds. The summed E-state index contributed by atoms with van der Waals surface area (Å²) in [6.45, 7) is 0.593. The van der Waals surface area contributed by atoms with E-state index < -0.39 is 24.5 Å². The molecule has 4 rings (SSSR count). The van der Waals surface area contributed by atoms with E-state index in [-0.39, 0.29) is 11.3 Å². The maximum Gasteiger partial charge on any atom is 0.408 e. The smallest absolute Gasteiger partial charge is 0.364 e. The molecule has 1 aromatic carbocycles. The number of carbonyl (C=O) groups excluding carboxylic acids is 2. The van der Waals surface area contributed by atoms with Crippen molar-refractivity contribution in [2.45, 2.75) is 19.6 Å². The van der Waals surface area contributed by atoms with Gasteiger partial charge in [0.05, 0.1) is 17.5 Å². The van der Waals surface area contributed by atoms with Crippen molar-refractivity contribution in [3.05, 3.63) is 78.3 Å². The van der Waals surface area contributed by atoms with E-state index in [4.69, 9.17) is 5.73 Å². The van der Waals surface area contributed by atoms with Crippen molar-refractivity contribution < 1.29 is 22.8 Å². The molecule has 3 aromatic heterocycles. The zero-order valence-electron chi connectivity index (χ0n) is 18.2. The number of anilines is 1. The van der Waals surface area contributed by atoms with Gasteiger partial charge in [-0.3, -0.25) is 19.3 Å². The van der Waals surface area contributed by atoms with Crippen molar-refractivity contribution in [3.63, 3.8) is 0 Å². The number of amides is 2. The Bertz CT molecular complexity index is 1420. The van der Waals surface area contributed by atoms with E-state index in [1.54, 1.807) is 30.6 Å². The lowest BCUT2D eigenvalue weighted by atomic mass is 9.99. The van der Waals surface area contributed by atoms with E-state index in [1.165, 1.54) is 12.4 Å². The summed E-state index contributed by atoms with van der Waals surface area (Å²) in [5.74, 6) is -1.28. The monoisotopic (exact) mass is 481 g/mol. The van der Waals surface area contributed by atoms with Crippen LogP contribution in [0.3, 0.4) is 0 Å². The molecule has 0 saturated heterocycles. The Morgan fingerprint density at radius 3 is 2.57 bits per heavy atom. The minimum absolute atomic E-state index is 0.00550. The topological polar surface area (TPSA) is 129 Å². The zero-order chi connectivity index (χ0) is 25.2. The van der Waals surface area contributed by atoms with Crippen LogP contribution >= 0.6 is 0 Å². The minimum atomic E-state index is -4.44. The summed E-state index contributed by atoms with van der Waals surface area (Å²) in [5, 5.41) is 6.26. The lowest BCUT2D eigenvalue weighted by Gasteiger charge is -2.11. The molecule has 35 heavy (non-hydrogen) atoms. The molecule has 3 heterocycles. The van der Waals surface area contributed by atoms with Gasteiger partial charge >= 0.3 is 6.18 Å². The highest BCUT2D eigenvalue weighted by atomic mass is 19.4. The van der Waals surface area contributed by atoms with Crippen molar-refractivity contribution in [1.29, 1.82) is 0 Å². The lowest BCUT2D eigenvalue weighted by molar-refractivity contribution is -0.142. The summed E-state index contributed by atoms with van der Waals surface area (Å²) in [6.07, 6.45) is 2.12. The third-order valence-electron chi connectivity index (χ3n) is 5.00. The molecule has 0 aliphatic heterocycles. The van der Waals surface area contributed by atoms with Crippen LogP contribution in [0.15, 0.2) is 61.4 Å². The summed E-state index contributed by atoms with van der Waals surface area (Å²) < 4.78 is 38.3. The maximum atomic E-state index is 12.5. The highest BCUT2D eigenvalue weighted by Crippen LogP contribution is 2.29. The van der Waals surface area contributed by atoms with Crippen LogP contribution < -0.4 is 11.1 Å². The van der Waals surface area contributed by atoms with Crippen LogP contribution in [-0.2, 0) is 6.54 Å². The van der Waals surface area contributed by atoms with Gasteiger partial charge in [0.1, 0.15) is 18.6 Å². The van der Waals surface area contributed by atoms with Crippen LogP contribution in [0.25, 0.3) is 22.4 Å². The van der Waals surface area contributed by atoms with Crippen molar-refractivity contribution in [2.75, 3.05) is 5.32 Å². The van der Waals surface area contributed by atoms with E-state index in [2.05, 4.69) is 25.4 Å². The number of carbonyl (C=O) groups is 2. The van der Waals surface area contributed by atoms with Gasteiger partial charge in [-0.2, -0.15) is 18.3 Å². The molecule has 0 unspecified atom stereocenters. The fourth-order valence-electron chi connectivity index (χ4n) is 3.34. The summed E-state index contributed by atoms with van der Waals surface area (Å²) in [7, 11) is 0. The third kappa shape index (κ3) is 5.66. The highest BCUT2D eigenvalue weighted by Gasteiger charge is 2.28. The molecule has 0 aliphatic rings. The molecule has 0 radical (unpaired) electrons. The van der Waals surface area contributed by atoms with Crippen molar-refractivity contribution in [3.8, 4) is 22.4 Å². The van der Waals surface area contributed by atoms with Gasteiger partial charge in [-0.1, -0.05) is 6.07 Å². The van der Waals surface area contributed by atoms with E-state index >= 15 is 0 Å². The molecule has 12 heteroatoms. The van der Waals surface area contributed by atoms with E-state index in [0.29, 0.717) is 27.2 Å². The molecule has 0 saturated carbocycles. The number of alkyl halides is 3. The average molecular weight is 481 g/mol. The number of aromatic nitrogens is 5. The number of halogens is 3. The first-order valence-corrected chi connectivity index (χ1v) is 10.2. The Morgan fingerprint density at radius 2 is 1.83 bits per heavy atom. The fourth-order valence-corrected chi connectivity index (χ4v) is 3.34. The standard InChI is InChI=1S/C23H18F3N7O2/c1-13-2-3-17(32-22(35)16-9-31-33(10-16)11-23(24,25)26)5-18(13)14-4-15(8-28-7-14)19-6-20(21(27)34)30-12-29-19/h2-10,12H,11H2,1H3,(H2,27,34)(H,32,35).